The van der Waals surface area contributed by atoms with Crippen molar-refractivity contribution in [3.05, 3.63) is 47.6 Å². The molecule has 2 N–H and O–H groups in total. The number of aromatic nitrogens is 3. The smallest absolute Gasteiger partial charge is 0.168 e. The molecular weight excluding hydrogens is 236 g/mol. The molecular formula is C12H9ClN4. The van der Waals surface area contributed by atoms with Crippen molar-refractivity contribution in [1.82, 2.24) is 14.6 Å². The van der Waals surface area contributed by atoms with Gasteiger partial charge in [0.05, 0.1) is 0 Å². The Morgan fingerprint density at radius 2 is 2.00 bits per heavy atom. The van der Waals surface area contributed by atoms with Gasteiger partial charge in [-0.05, 0) is 18.2 Å². The summed E-state index contributed by atoms with van der Waals surface area (Å²) in [5.41, 5.74) is 8.10. The first kappa shape index (κ1) is 10.1. The quantitative estimate of drug-likeness (QED) is 0.670. The summed E-state index contributed by atoms with van der Waals surface area (Å²) in [7, 11) is 0. The van der Waals surface area contributed by atoms with Crippen LogP contribution in [0.4, 0.5) is 5.69 Å². The van der Waals surface area contributed by atoms with Gasteiger partial charge in [-0.15, -0.1) is 10.2 Å². The predicted octanol–water partition coefficient (Wildman–Crippen LogP) is 2.63. The first-order valence-corrected chi connectivity index (χ1v) is 5.48. The Morgan fingerprint density at radius 3 is 2.82 bits per heavy atom. The summed E-state index contributed by atoms with van der Waals surface area (Å²) >= 11 is 5.90. The van der Waals surface area contributed by atoms with Gasteiger partial charge >= 0.3 is 0 Å². The van der Waals surface area contributed by atoms with Crippen molar-refractivity contribution in [2.24, 2.45) is 0 Å². The molecule has 0 atom stereocenters. The lowest BCUT2D eigenvalue weighted by molar-refractivity contribution is 1.11. The third kappa shape index (κ3) is 1.72. The number of nitrogens with zero attached hydrogens (tertiary/aromatic N) is 3. The molecule has 0 fully saturated rings. The van der Waals surface area contributed by atoms with Crippen molar-refractivity contribution in [2.75, 3.05) is 5.73 Å². The normalized spacial score (nSPS) is 10.9. The molecule has 84 valence electrons. The van der Waals surface area contributed by atoms with E-state index < -0.39 is 0 Å². The van der Waals surface area contributed by atoms with Gasteiger partial charge in [-0.1, -0.05) is 23.7 Å². The van der Waals surface area contributed by atoms with Crippen LogP contribution in [0, 0.1) is 0 Å². The molecule has 0 saturated heterocycles. The first-order chi connectivity index (χ1) is 8.24. The Bertz CT molecular complexity index is 690. The molecule has 0 saturated carbocycles. The molecule has 5 heteroatoms. The zero-order chi connectivity index (χ0) is 11.8. The molecule has 0 amide bonds. The molecule has 3 rings (SSSR count). The lowest BCUT2D eigenvalue weighted by atomic mass is 10.2. The fourth-order valence-corrected chi connectivity index (χ4v) is 1.89. The topological polar surface area (TPSA) is 56.2 Å². The molecule has 0 aliphatic rings. The number of rotatable bonds is 1. The minimum Gasteiger partial charge on any atom is -0.399 e. The van der Waals surface area contributed by atoms with E-state index in [2.05, 4.69) is 10.2 Å². The lowest BCUT2D eigenvalue weighted by Crippen LogP contribution is -1.90. The molecule has 2 heterocycles. The van der Waals surface area contributed by atoms with Crippen molar-refractivity contribution in [3.63, 3.8) is 0 Å². The average Bonchev–Trinajstić information content (AvgIpc) is 2.71. The van der Waals surface area contributed by atoms with Crippen molar-refractivity contribution in [1.29, 1.82) is 0 Å². The van der Waals surface area contributed by atoms with Crippen molar-refractivity contribution in [3.8, 4) is 11.4 Å². The minimum atomic E-state index is 0.643. The summed E-state index contributed by atoms with van der Waals surface area (Å²) < 4.78 is 1.88. The van der Waals surface area contributed by atoms with Crippen LogP contribution in [0.1, 0.15) is 0 Å². The summed E-state index contributed by atoms with van der Waals surface area (Å²) in [4.78, 5) is 0. The van der Waals surface area contributed by atoms with Gasteiger partial charge in [0, 0.05) is 28.5 Å². The van der Waals surface area contributed by atoms with Crippen LogP contribution in [0.3, 0.4) is 0 Å². The average molecular weight is 245 g/mol. The summed E-state index contributed by atoms with van der Waals surface area (Å²) in [5.74, 6) is 0.754. The minimum absolute atomic E-state index is 0.643. The number of pyridine rings is 1. The molecule has 4 nitrogen and oxygen atoms in total. The number of fused-ring (bicyclic) bond motifs is 1. The number of hydrogen-bond donors (Lipinski definition) is 1. The van der Waals surface area contributed by atoms with Gasteiger partial charge < -0.3 is 5.73 Å². The second kappa shape index (κ2) is 3.75. The maximum absolute atomic E-state index is 5.90. The summed E-state index contributed by atoms with van der Waals surface area (Å²) in [5, 5.41) is 8.86. The number of anilines is 1. The molecule has 0 radical (unpaired) electrons. The summed E-state index contributed by atoms with van der Waals surface area (Å²) in [6.45, 7) is 0. The van der Waals surface area contributed by atoms with Gasteiger partial charge in [0.2, 0.25) is 0 Å². The van der Waals surface area contributed by atoms with E-state index in [0.29, 0.717) is 10.7 Å². The lowest BCUT2D eigenvalue weighted by Gasteiger charge is -2.01. The van der Waals surface area contributed by atoms with Crippen LogP contribution in [-0.4, -0.2) is 14.6 Å². The molecule has 1 aromatic carbocycles. The molecule has 3 aromatic rings. The Balaban J connectivity index is 2.24. The molecule has 2 aromatic heterocycles. The fourth-order valence-electron chi connectivity index (χ4n) is 1.74. The second-order valence-electron chi connectivity index (χ2n) is 3.72. The Hall–Kier alpha value is -2.07. The highest BCUT2D eigenvalue weighted by molar-refractivity contribution is 6.30. The Morgan fingerprint density at radius 1 is 1.12 bits per heavy atom. The van der Waals surface area contributed by atoms with Crippen LogP contribution in [0.25, 0.3) is 17.0 Å². The largest absolute Gasteiger partial charge is 0.399 e. The van der Waals surface area contributed by atoms with Gasteiger partial charge in [-0.2, -0.15) is 0 Å². The molecule has 0 unspecified atom stereocenters. The Kier molecular flexibility index (Phi) is 2.23. The summed E-state index contributed by atoms with van der Waals surface area (Å²) in [6.07, 6.45) is 1.84. The van der Waals surface area contributed by atoms with E-state index in [-0.39, 0.29) is 0 Å². The van der Waals surface area contributed by atoms with E-state index in [1.165, 1.54) is 0 Å². The number of nitrogen functional groups attached to an aromatic ring is 1. The maximum Gasteiger partial charge on any atom is 0.168 e. The van der Waals surface area contributed by atoms with E-state index in [4.69, 9.17) is 17.3 Å². The number of nitrogens with two attached hydrogens (primary N) is 1. The van der Waals surface area contributed by atoms with Crippen LogP contribution in [0.5, 0.6) is 0 Å². The highest BCUT2D eigenvalue weighted by Crippen LogP contribution is 2.21. The van der Waals surface area contributed by atoms with Crippen LogP contribution in [-0.2, 0) is 0 Å². The van der Waals surface area contributed by atoms with E-state index in [1.807, 2.05) is 34.9 Å². The van der Waals surface area contributed by atoms with Gasteiger partial charge in [0.15, 0.2) is 11.5 Å². The van der Waals surface area contributed by atoms with Crippen LogP contribution in [0.2, 0.25) is 5.02 Å². The molecule has 0 aliphatic carbocycles. The van der Waals surface area contributed by atoms with E-state index in [0.717, 1.165) is 17.0 Å². The number of halogens is 1. The summed E-state index contributed by atoms with van der Waals surface area (Å²) in [6, 6.07) is 11.1. The van der Waals surface area contributed by atoms with Crippen LogP contribution >= 0.6 is 11.6 Å². The van der Waals surface area contributed by atoms with Gasteiger partial charge in [-0.25, -0.2) is 0 Å². The zero-order valence-electron chi connectivity index (χ0n) is 8.84. The molecule has 17 heavy (non-hydrogen) atoms. The first-order valence-electron chi connectivity index (χ1n) is 5.10. The third-order valence-electron chi connectivity index (χ3n) is 2.52. The van der Waals surface area contributed by atoms with Crippen LogP contribution < -0.4 is 5.73 Å². The highest BCUT2D eigenvalue weighted by Gasteiger charge is 2.07. The zero-order valence-corrected chi connectivity index (χ0v) is 9.59. The van der Waals surface area contributed by atoms with Gasteiger partial charge in [0.1, 0.15) is 0 Å². The second-order valence-corrected chi connectivity index (χ2v) is 4.16. The van der Waals surface area contributed by atoms with Gasteiger partial charge in [-0.3, -0.25) is 4.40 Å². The SMILES string of the molecule is Nc1cccc(-c2nnc3cc(Cl)ccn23)c1. The standard InChI is InChI=1S/C12H9ClN4/c13-9-4-5-17-11(7-9)15-16-12(17)8-2-1-3-10(14)6-8/h1-7H,14H2. The molecule has 0 bridgehead atoms. The van der Waals surface area contributed by atoms with E-state index in [9.17, 15) is 0 Å². The maximum atomic E-state index is 5.90. The van der Waals surface area contributed by atoms with Crippen molar-refractivity contribution < 1.29 is 0 Å². The van der Waals surface area contributed by atoms with E-state index >= 15 is 0 Å². The van der Waals surface area contributed by atoms with Crippen molar-refractivity contribution >= 4 is 22.9 Å². The fraction of sp³-hybridized carbons (Fsp3) is 0. The predicted molar refractivity (Wildman–Crippen MR) is 67.8 cm³/mol. The monoisotopic (exact) mass is 244 g/mol. The third-order valence-corrected chi connectivity index (χ3v) is 2.75. The molecule has 0 spiro atoms. The Labute approximate surface area is 103 Å². The number of hydrogen-bond acceptors (Lipinski definition) is 3. The van der Waals surface area contributed by atoms with Crippen LogP contribution in [0.15, 0.2) is 42.6 Å². The highest BCUT2D eigenvalue weighted by atomic mass is 35.5. The van der Waals surface area contributed by atoms with E-state index in [1.54, 1.807) is 12.1 Å². The number of benzene rings is 1. The molecule has 0 aliphatic heterocycles. The van der Waals surface area contributed by atoms with Gasteiger partial charge in [0.25, 0.3) is 0 Å². The van der Waals surface area contributed by atoms with Crippen molar-refractivity contribution in [2.45, 2.75) is 0 Å².